The molecule has 4 radical (unpaired) electrons. The van der Waals surface area contributed by atoms with Crippen LogP contribution in [0.4, 0.5) is 0 Å². The second-order valence-electron chi connectivity index (χ2n) is 5.56. The van der Waals surface area contributed by atoms with E-state index in [4.69, 9.17) is 19.0 Å². The highest BCUT2D eigenvalue weighted by atomic mass is 16.4. The smallest absolute Gasteiger partial charge is 0.306 e. The molecule has 2 heteroatoms. The van der Waals surface area contributed by atoms with Gasteiger partial charge in [0.15, 0.2) is 0 Å². The Bertz CT molecular complexity index is 299. The van der Waals surface area contributed by atoms with Crippen molar-refractivity contribution < 1.29 is 9.90 Å². The Hall–Kier alpha value is -0.530. The van der Waals surface area contributed by atoms with Crippen LogP contribution in [0.25, 0.3) is 0 Å². The third kappa shape index (κ3) is 1.14. The van der Waals surface area contributed by atoms with Crippen molar-refractivity contribution in [3.63, 3.8) is 0 Å². The van der Waals surface area contributed by atoms with Crippen LogP contribution in [0, 0.1) is 55.3 Å². The van der Waals surface area contributed by atoms with Gasteiger partial charge in [0.1, 0.15) is 0 Å². The summed E-state index contributed by atoms with van der Waals surface area (Å²) in [4.78, 5) is 11.1. The summed E-state index contributed by atoms with van der Waals surface area (Å²) in [6.45, 7) is 12.2. The normalized spacial score (nSPS) is 57.1. The number of fused-ring (bicyclic) bond motifs is 5. The lowest BCUT2D eigenvalue weighted by Gasteiger charge is -2.32. The lowest BCUT2D eigenvalue weighted by atomic mass is 9.72. The summed E-state index contributed by atoms with van der Waals surface area (Å²) in [6, 6.07) is 0. The summed E-state index contributed by atoms with van der Waals surface area (Å²) in [6.07, 6.45) is 2.77. The summed E-state index contributed by atoms with van der Waals surface area (Å²) in [5.74, 6) is 1.32. The van der Waals surface area contributed by atoms with Crippen LogP contribution in [0.2, 0.25) is 0 Å². The van der Waals surface area contributed by atoms with Gasteiger partial charge in [-0.15, -0.1) is 0 Å². The van der Waals surface area contributed by atoms with Crippen molar-refractivity contribution in [2.45, 2.75) is 19.3 Å². The van der Waals surface area contributed by atoms with Gasteiger partial charge < -0.3 is 5.11 Å². The molecule has 3 rings (SSSR count). The largest absolute Gasteiger partial charge is 0.481 e. The predicted octanol–water partition coefficient (Wildman–Crippen LogP) is 2.02. The topological polar surface area (TPSA) is 37.3 Å². The fraction of sp³-hybridized carbons (Fsp3) is 0.769. The molecule has 3 fully saturated rings. The first-order valence-corrected chi connectivity index (χ1v) is 5.83. The van der Waals surface area contributed by atoms with E-state index in [1.165, 1.54) is 0 Å². The zero-order valence-electron chi connectivity index (χ0n) is 8.67. The van der Waals surface area contributed by atoms with Gasteiger partial charge in [-0.2, -0.15) is 0 Å². The highest BCUT2D eigenvalue weighted by Gasteiger charge is 2.60. The van der Waals surface area contributed by atoms with E-state index in [0.29, 0.717) is 23.7 Å². The monoisotopic (exact) mass is 204 g/mol. The Kier molecular flexibility index (Phi) is 1.93. The van der Waals surface area contributed by atoms with Crippen LogP contribution in [0.1, 0.15) is 19.3 Å². The summed E-state index contributed by atoms with van der Waals surface area (Å²) < 4.78 is 0. The molecule has 15 heavy (non-hydrogen) atoms. The van der Waals surface area contributed by atoms with Gasteiger partial charge in [0, 0.05) is 0 Å². The molecular weight excluding hydrogens is 188 g/mol. The van der Waals surface area contributed by atoms with Gasteiger partial charge in [-0.25, -0.2) is 0 Å². The second kappa shape index (κ2) is 2.99. The lowest BCUT2D eigenvalue weighted by molar-refractivity contribution is -0.144. The molecule has 0 aromatic carbocycles. The molecule has 0 aromatic heterocycles. The average molecular weight is 204 g/mol. The van der Waals surface area contributed by atoms with E-state index < -0.39 is 5.97 Å². The number of hydrogen-bond donors (Lipinski definition) is 1. The summed E-state index contributed by atoms with van der Waals surface area (Å²) in [5.41, 5.74) is 0. The fourth-order valence-electron chi connectivity index (χ4n) is 4.60. The third-order valence-corrected chi connectivity index (χ3v) is 4.98. The molecule has 0 heterocycles. The molecule has 2 bridgehead atoms. The van der Waals surface area contributed by atoms with Crippen LogP contribution in [-0.4, -0.2) is 11.1 Å². The molecule has 7 unspecified atom stereocenters. The molecule has 0 aliphatic heterocycles. The van der Waals surface area contributed by atoms with E-state index in [-0.39, 0.29) is 17.8 Å². The van der Waals surface area contributed by atoms with E-state index in [2.05, 4.69) is 0 Å². The van der Waals surface area contributed by atoms with Gasteiger partial charge in [0.05, 0.1) is 5.92 Å². The SMILES string of the molecule is [CH]C1CC([CH])C2C3CC(CC3C(=O)O)C12. The van der Waals surface area contributed by atoms with Crippen LogP contribution in [0.5, 0.6) is 0 Å². The van der Waals surface area contributed by atoms with Crippen molar-refractivity contribution in [2.75, 3.05) is 0 Å². The molecule has 3 aliphatic rings. The van der Waals surface area contributed by atoms with Crippen LogP contribution < -0.4 is 0 Å². The van der Waals surface area contributed by atoms with Crippen molar-refractivity contribution in [2.24, 2.45) is 41.4 Å². The second-order valence-corrected chi connectivity index (χ2v) is 5.56. The summed E-state index contributed by atoms with van der Waals surface area (Å²) >= 11 is 0. The van der Waals surface area contributed by atoms with Crippen molar-refractivity contribution in [3.05, 3.63) is 13.8 Å². The van der Waals surface area contributed by atoms with E-state index in [9.17, 15) is 4.79 Å². The number of carbonyl (C=O) groups is 1. The summed E-state index contributed by atoms with van der Waals surface area (Å²) in [7, 11) is 0. The first-order chi connectivity index (χ1) is 7.09. The minimum absolute atomic E-state index is 0.141. The zero-order valence-corrected chi connectivity index (χ0v) is 8.67. The quantitative estimate of drug-likeness (QED) is 0.709. The molecule has 80 valence electrons. The first kappa shape index (κ1) is 9.68. The van der Waals surface area contributed by atoms with Gasteiger partial charge >= 0.3 is 5.97 Å². The molecule has 0 saturated heterocycles. The van der Waals surface area contributed by atoms with Gasteiger partial charge in [0.2, 0.25) is 0 Å². The number of aliphatic carboxylic acids is 1. The number of carboxylic acid groups (broad SMARTS) is 1. The molecule has 1 N–H and O–H groups in total. The molecule has 2 nitrogen and oxygen atoms in total. The maximum atomic E-state index is 11.1. The molecular formula is C13H16O2. The predicted molar refractivity (Wildman–Crippen MR) is 54.5 cm³/mol. The van der Waals surface area contributed by atoms with Crippen molar-refractivity contribution >= 4 is 5.97 Å². The molecule has 7 atom stereocenters. The van der Waals surface area contributed by atoms with Crippen LogP contribution in [-0.2, 0) is 4.79 Å². The first-order valence-electron chi connectivity index (χ1n) is 5.83. The number of carboxylic acids is 1. The lowest BCUT2D eigenvalue weighted by Crippen LogP contribution is -2.32. The molecule has 3 saturated carbocycles. The summed E-state index contributed by atoms with van der Waals surface area (Å²) in [5, 5.41) is 9.14. The highest BCUT2D eigenvalue weighted by Crippen LogP contribution is 2.64. The molecule has 0 amide bonds. The van der Waals surface area contributed by atoms with E-state index >= 15 is 0 Å². The van der Waals surface area contributed by atoms with Crippen LogP contribution in [0.15, 0.2) is 0 Å². The molecule has 3 aliphatic carbocycles. The van der Waals surface area contributed by atoms with Gasteiger partial charge in [-0.1, -0.05) is 0 Å². The van der Waals surface area contributed by atoms with Gasteiger partial charge in [0.25, 0.3) is 0 Å². The van der Waals surface area contributed by atoms with Crippen molar-refractivity contribution in [3.8, 4) is 0 Å². The zero-order chi connectivity index (χ0) is 10.7. The van der Waals surface area contributed by atoms with Crippen LogP contribution in [0.3, 0.4) is 0 Å². The Morgan fingerprint density at radius 2 is 1.73 bits per heavy atom. The maximum absolute atomic E-state index is 11.1. The Balaban J connectivity index is 1.89. The fourth-order valence-corrected chi connectivity index (χ4v) is 4.60. The Morgan fingerprint density at radius 3 is 2.40 bits per heavy atom. The van der Waals surface area contributed by atoms with E-state index in [1.54, 1.807) is 0 Å². The van der Waals surface area contributed by atoms with Gasteiger partial charge in [-0.05, 0) is 68.6 Å². The molecule has 0 aromatic rings. The van der Waals surface area contributed by atoms with E-state index in [0.717, 1.165) is 19.3 Å². The Labute approximate surface area is 91.1 Å². The van der Waals surface area contributed by atoms with Crippen molar-refractivity contribution in [1.29, 1.82) is 0 Å². The maximum Gasteiger partial charge on any atom is 0.306 e. The molecule has 0 spiro atoms. The van der Waals surface area contributed by atoms with Gasteiger partial charge in [-0.3, -0.25) is 4.79 Å². The highest BCUT2D eigenvalue weighted by molar-refractivity contribution is 5.71. The Morgan fingerprint density at radius 1 is 1.07 bits per heavy atom. The third-order valence-electron chi connectivity index (χ3n) is 4.98. The minimum Gasteiger partial charge on any atom is -0.481 e. The van der Waals surface area contributed by atoms with Crippen molar-refractivity contribution in [1.82, 2.24) is 0 Å². The standard InChI is InChI=1S/C13H16O2/c1-6-3-7(2)12-9-4-8(11(6)12)5-10(9)13(14)15/h1-2,6-12H,3-5H2,(H,14,15). The average Bonchev–Trinajstić information content (AvgIpc) is 2.77. The van der Waals surface area contributed by atoms with Crippen LogP contribution >= 0.6 is 0 Å². The minimum atomic E-state index is -0.631. The number of hydrogen-bond acceptors (Lipinski definition) is 1. The van der Waals surface area contributed by atoms with E-state index in [1.807, 2.05) is 0 Å². The number of rotatable bonds is 1.